The molecule has 156 valence electrons. The van der Waals surface area contributed by atoms with Gasteiger partial charge in [0.05, 0.1) is 11.4 Å². The summed E-state index contributed by atoms with van der Waals surface area (Å²) >= 11 is 0. The first-order valence-corrected chi connectivity index (χ1v) is 10.5. The van der Waals surface area contributed by atoms with Gasteiger partial charge in [0.25, 0.3) is 0 Å². The number of phenolic OH excluding ortho intramolecular Hbond substituents is 1. The summed E-state index contributed by atoms with van der Waals surface area (Å²) in [5, 5.41) is 18.3. The molecule has 0 aliphatic carbocycles. The molecule has 7 nitrogen and oxygen atoms in total. The highest BCUT2D eigenvalue weighted by molar-refractivity contribution is 5.77. The van der Waals surface area contributed by atoms with Crippen LogP contribution in [0.5, 0.6) is 5.75 Å². The zero-order valence-electron chi connectivity index (χ0n) is 17.2. The highest BCUT2D eigenvalue weighted by atomic mass is 16.3. The number of benzene rings is 1. The van der Waals surface area contributed by atoms with Crippen molar-refractivity contribution in [2.24, 2.45) is 0 Å². The lowest BCUT2D eigenvalue weighted by molar-refractivity contribution is -0.131. The lowest BCUT2D eigenvalue weighted by atomic mass is 10.1. The number of phenols is 1. The van der Waals surface area contributed by atoms with Crippen LogP contribution >= 0.6 is 0 Å². The Hall–Kier alpha value is -2.83. The molecule has 29 heavy (non-hydrogen) atoms. The maximum absolute atomic E-state index is 12.5. The van der Waals surface area contributed by atoms with Crippen molar-refractivity contribution in [1.29, 1.82) is 0 Å². The van der Waals surface area contributed by atoms with Crippen molar-refractivity contribution in [2.75, 3.05) is 36.8 Å². The van der Waals surface area contributed by atoms with Crippen molar-refractivity contribution >= 4 is 17.4 Å². The van der Waals surface area contributed by atoms with Crippen LogP contribution in [0.4, 0.5) is 11.5 Å². The average Bonchev–Trinajstić information content (AvgIpc) is 2.74. The third-order valence-corrected chi connectivity index (χ3v) is 5.45. The summed E-state index contributed by atoms with van der Waals surface area (Å²) in [5.74, 6) is 0.767. The fourth-order valence-electron chi connectivity index (χ4n) is 3.70. The molecule has 0 radical (unpaired) electrons. The number of unbranched alkanes of at least 4 members (excludes halogenated alkanes) is 4. The van der Waals surface area contributed by atoms with Gasteiger partial charge >= 0.3 is 0 Å². The topological polar surface area (TPSA) is 95.6 Å². The van der Waals surface area contributed by atoms with Gasteiger partial charge in [-0.3, -0.25) is 4.79 Å². The van der Waals surface area contributed by atoms with Gasteiger partial charge in [-0.1, -0.05) is 44.7 Å². The van der Waals surface area contributed by atoms with E-state index in [4.69, 9.17) is 5.73 Å². The van der Waals surface area contributed by atoms with Crippen LogP contribution in [0.25, 0.3) is 11.3 Å². The number of hydrogen-bond acceptors (Lipinski definition) is 6. The second-order valence-corrected chi connectivity index (χ2v) is 7.55. The minimum absolute atomic E-state index is 0.159. The van der Waals surface area contributed by atoms with Crippen LogP contribution in [-0.2, 0) is 4.79 Å². The summed E-state index contributed by atoms with van der Waals surface area (Å²) in [6, 6.07) is 8.91. The van der Waals surface area contributed by atoms with Gasteiger partial charge in [-0.05, 0) is 24.6 Å². The predicted octanol–water partition coefficient (Wildman–Crippen LogP) is 3.44. The molecule has 0 spiro atoms. The van der Waals surface area contributed by atoms with Gasteiger partial charge in [-0.25, -0.2) is 0 Å². The van der Waals surface area contributed by atoms with E-state index in [1.165, 1.54) is 19.3 Å². The van der Waals surface area contributed by atoms with E-state index in [0.717, 1.165) is 18.5 Å². The number of rotatable bonds is 8. The van der Waals surface area contributed by atoms with Crippen LogP contribution in [-0.4, -0.2) is 52.3 Å². The van der Waals surface area contributed by atoms with Gasteiger partial charge in [0.15, 0.2) is 5.82 Å². The molecule has 1 aromatic carbocycles. The number of nitrogens with zero attached hydrogens (tertiary/aromatic N) is 4. The van der Waals surface area contributed by atoms with E-state index in [2.05, 4.69) is 22.0 Å². The van der Waals surface area contributed by atoms with Gasteiger partial charge < -0.3 is 20.6 Å². The Bertz CT molecular complexity index is 819. The summed E-state index contributed by atoms with van der Waals surface area (Å²) in [7, 11) is 0. The van der Waals surface area contributed by atoms with Crippen molar-refractivity contribution in [1.82, 2.24) is 15.1 Å². The van der Waals surface area contributed by atoms with Gasteiger partial charge in [-0.2, -0.15) is 0 Å². The molecule has 2 aromatic rings. The second kappa shape index (κ2) is 10.1. The molecule has 1 aromatic heterocycles. The zero-order valence-corrected chi connectivity index (χ0v) is 17.2. The summed E-state index contributed by atoms with van der Waals surface area (Å²) < 4.78 is 0. The van der Waals surface area contributed by atoms with E-state index in [1.807, 2.05) is 17.0 Å². The first-order valence-electron chi connectivity index (χ1n) is 10.5. The Morgan fingerprint density at radius 1 is 1.07 bits per heavy atom. The molecule has 0 atom stereocenters. The van der Waals surface area contributed by atoms with Gasteiger partial charge in [0.2, 0.25) is 5.91 Å². The highest BCUT2D eigenvalue weighted by Gasteiger charge is 2.23. The third kappa shape index (κ3) is 5.37. The first kappa shape index (κ1) is 20.9. The SMILES string of the molecule is CCCCCCCC(=O)N1CCN(c2cc(-c3ccccc3O)nnc2N)CC1. The average molecular weight is 398 g/mol. The molecule has 1 aliphatic heterocycles. The molecule has 0 bridgehead atoms. The number of hydrogen-bond donors (Lipinski definition) is 2. The summed E-state index contributed by atoms with van der Waals surface area (Å²) in [5.41, 5.74) is 8.08. The maximum atomic E-state index is 12.5. The second-order valence-electron chi connectivity index (χ2n) is 7.55. The normalized spacial score (nSPS) is 14.2. The summed E-state index contributed by atoms with van der Waals surface area (Å²) in [6.45, 7) is 4.97. The molecule has 3 rings (SSSR count). The van der Waals surface area contributed by atoms with E-state index in [0.29, 0.717) is 49.7 Å². The Labute approximate surface area is 172 Å². The highest BCUT2D eigenvalue weighted by Crippen LogP contribution is 2.31. The molecule has 1 fully saturated rings. The number of amides is 1. The van der Waals surface area contributed by atoms with Crippen LogP contribution in [0.3, 0.4) is 0 Å². The Kier molecular flexibility index (Phi) is 7.27. The molecule has 7 heteroatoms. The number of carbonyl (C=O) groups excluding carboxylic acids is 1. The Morgan fingerprint density at radius 3 is 2.52 bits per heavy atom. The quantitative estimate of drug-likeness (QED) is 0.663. The standard InChI is InChI=1S/C22H31N5O2/c1-2-3-4-5-6-11-21(29)27-14-12-26(13-15-27)19-16-18(24-25-22(19)23)17-9-7-8-10-20(17)28/h7-10,16,28H,2-6,11-15H2,1H3,(H2,23,25). The van der Waals surface area contributed by atoms with Crippen molar-refractivity contribution in [2.45, 2.75) is 45.4 Å². The number of carbonyl (C=O) groups is 1. The van der Waals surface area contributed by atoms with Crippen LogP contribution < -0.4 is 10.6 Å². The molecule has 1 amide bonds. The van der Waals surface area contributed by atoms with Crippen LogP contribution in [0.1, 0.15) is 45.4 Å². The van der Waals surface area contributed by atoms with Crippen LogP contribution in [0.15, 0.2) is 30.3 Å². The third-order valence-electron chi connectivity index (χ3n) is 5.45. The molecule has 0 saturated carbocycles. The van der Waals surface area contributed by atoms with Crippen molar-refractivity contribution in [3.05, 3.63) is 30.3 Å². The molecular formula is C22H31N5O2. The molecular weight excluding hydrogens is 366 g/mol. The molecule has 1 aliphatic rings. The van der Waals surface area contributed by atoms with Gasteiger partial charge in [0.1, 0.15) is 5.75 Å². The van der Waals surface area contributed by atoms with Gasteiger partial charge in [-0.15, -0.1) is 10.2 Å². The largest absolute Gasteiger partial charge is 0.507 e. The maximum Gasteiger partial charge on any atom is 0.222 e. The summed E-state index contributed by atoms with van der Waals surface area (Å²) in [4.78, 5) is 16.5. The van der Waals surface area contributed by atoms with Crippen molar-refractivity contribution in [3.8, 4) is 17.0 Å². The van der Waals surface area contributed by atoms with E-state index >= 15 is 0 Å². The van der Waals surface area contributed by atoms with Crippen molar-refractivity contribution in [3.63, 3.8) is 0 Å². The molecule has 3 N–H and O–H groups in total. The predicted molar refractivity (Wildman–Crippen MR) is 116 cm³/mol. The minimum atomic E-state index is 0.159. The smallest absolute Gasteiger partial charge is 0.222 e. The lowest BCUT2D eigenvalue weighted by Crippen LogP contribution is -2.49. The van der Waals surface area contributed by atoms with E-state index in [-0.39, 0.29) is 11.7 Å². The Morgan fingerprint density at radius 2 is 1.79 bits per heavy atom. The summed E-state index contributed by atoms with van der Waals surface area (Å²) in [6.07, 6.45) is 6.43. The molecule has 2 heterocycles. The monoisotopic (exact) mass is 397 g/mol. The molecule has 1 saturated heterocycles. The molecule has 0 unspecified atom stereocenters. The number of nitrogens with two attached hydrogens (primary N) is 1. The number of aromatic nitrogens is 2. The number of nitrogen functional groups attached to an aromatic ring is 1. The number of piperazine rings is 1. The van der Waals surface area contributed by atoms with E-state index < -0.39 is 0 Å². The van der Waals surface area contributed by atoms with E-state index in [1.54, 1.807) is 18.2 Å². The minimum Gasteiger partial charge on any atom is -0.507 e. The number of para-hydroxylation sites is 1. The number of anilines is 2. The van der Waals surface area contributed by atoms with Crippen LogP contribution in [0, 0.1) is 0 Å². The van der Waals surface area contributed by atoms with Crippen LogP contribution in [0.2, 0.25) is 0 Å². The number of aromatic hydroxyl groups is 1. The first-order chi connectivity index (χ1) is 14.1. The Balaban J connectivity index is 1.59. The zero-order chi connectivity index (χ0) is 20.6. The van der Waals surface area contributed by atoms with Crippen molar-refractivity contribution < 1.29 is 9.90 Å². The lowest BCUT2D eigenvalue weighted by Gasteiger charge is -2.36. The van der Waals surface area contributed by atoms with E-state index in [9.17, 15) is 9.90 Å². The fourth-order valence-corrected chi connectivity index (χ4v) is 3.70. The fraction of sp³-hybridized carbons (Fsp3) is 0.500. The van der Waals surface area contributed by atoms with Gasteiger partial charge in [0, 0.05) is 38.2 Å².